The van der Waals surface area contributed by atoms with Crippen molar-refractivity contribution >= 4 is 6.03 Å². The summed E-state index contributed by atoms with van der Waals surface area (Å²) in [6, 6.07) is 9.54. The highest BCUT2D eigenvalue weighted by Gasteiger charge is 2.23. The van der Waals surface area contributed by atoms with Crippen LogP contribution in [-0.4, -0.2) is 49.9 Å². The van der Waals surface area contributed by atoms with Crippen LogP contribution in [0.15, 0.2) is 30.3 Å². The first-order chi connectivity index (χ1) is 9.29. The highest BCUT2D eigenvalue weighted by molar-refractivity contribution is 5.74. The van der Waals surface area contributed by atoms with Gasteiger partial charge in [-0.15, -0.1) is 0 Å². The first-order valence-corrected chi connectivity index (χ1v) is 6.62. The van der Waals surface area contributed by atoms with E-state index in [9.17, 15) is 4.79 Å². The molecule has 1 fully saturated rings. The summed E-state index contributed by atoms with van der Waals surface area (Å²) in [4.78, 5) is 13.6. The summed E-state index contributed by atoms with van der Waals surface area (Å²) < 4.78 is 11.3. The van der Waals surface area contributed by atoms with Crippen LogP contribution in [0.2, 0.25) is 0 Å². The van der Waals surface area contributed by atoms with Gasteiger partial charge in [0.15, 0.2) is 0 Å². The molecule has 0 bridgehead atoms. The molecule has 0 radical (unpaired) electrons. The van der Waals surface area contributed by atoms with E-state index < -0.39 is 0 Å². The molecule has 1 aliphatic rings. The Morgan fingerprint density at radius 1 is 1.47 bits per heavy atom. The number of rotatable bonds is 3. The molecule has 1 saturated heterocycles. The standard InChI is InChI=1S/C14H20N2O3/c1-2-15-14(17)16-8-9-18-11-13(10-16)19-12-6-4-3-5-7-12/h3-7,13H,2,8-11H2,1H3,(H,15,17). The second-order valence-corrected chi connectivity index (χ2v) is 4.41. The van der Waals surface area contributed by atoms with Gasteiger partial charge in [0.25, 0.3) is 0 Å². The topological polar surface area (TPSA) is 50.8 Å². The van der Waals surface area contributed by atoms with Crippen LogP contribution in [0.5, 0.6) is 5.75 Å². The van der Waals surface area contributed by atoms with Crippen molar-refractivity contribution in [2.75, 3.05) is 32.8 Å². The molecule has 2 amide bonds. The Morgan fingerprint density at radius 2 is 2.26 bits per heavy atom. The van der Waals surface area contributed by atoms with E-state index in [2.05, 4.69) is 5.32 Å². The van der Waals surface area contributed by atoms with E-state index >= 15 is 0 Å². The summed E-state index contributed by atoms with van der Waals surface area (Å²) in [5.41, 5.74) is 0. The predicted octanol–water partition coefficient (Wildman–Crippen LogP) is 1.50. The maximum atomic E-state index is 11.9. The second-order valence-electron chi connectivity index (χ2n) is 4.41. The van der Waals surface area contributed by atoms with Gasteiger partial charge in [0, 0.05) is 13.1 Å². The molecule has 1 aromatic rings. The average Bonchev–Trinajstić information content (AvgIpc) is 2.66. The Bertz CT molecular complexity index is 397. The van der Waals surface area contributed by atoms with Crippen LogP contribution in [0.1, 0.15) is 6.92 Å². The van der Waals surface area contributed by atoms with E-state index in [1.165, 1.54) is 0 Å². The van der Waals surface area contributed by atoms with Crippen LogP contribution in [0, 0.1) is 0 Å². The molecule has 1 atom stereocenters. The minimum atomic E-state index is -0.132. The molecule has 104 valence electrons. The number of carbonyl (C=O) groups excluding carboxylic acids is 1. The normalized spacial score (nSPS) is 19.6. The first kappa shape index (κ1) is 13.7. The first-order valence-electron chi connectivity index (χ1n) is 6.62. The molecule has 1 heterocycles. The van der Waals surface area contributed by atoms with Crippen molar-refractivity contribution in [3.8, 4) is 5.75 Å². The van der Waals surface area contributed by atoms with Crippen molar-refractivity contribution < 1.29 is 14.3 Å². The average molecular weight is 264 g/mol. The van der Waals surface area contributed by atoms with Crippen LogP contribution in [0.3, 0.4) is 0 Å². The molecule has 0 saturated carbocycles. The third-order valence-electron chi connectivity index (χ3n) is 2.89. The van der Waals surface area contributed by atoms with Gasteiger partial charge in [-0.2, -0.15) is 0 Å². The Balaban J connectivity index is 1.94. The molecule has 1 aliphatic heterocycles. The zero-order chi connectivity index (χ0) is 13.5. The molecule has 1 N–H and O–H groups in total. The zero-order valence-electron chi connectivity index (χ0n) is 11.2. The molecule has 2 rings (SSSR count). The predicted molar refractivity (Wildman–Crippen MR) is 72.3 cm³/mol. The minimum Gasteiger partial charge on any atom is -0.486 e. The Morgan fingerprint density at radius 3 is 3.00 bits per heavy atom. The highest BCUT2D eigenvalue weighted by Crippen LogP contribution is 2.13. The molecular weight excluding hydrogens is 244 g/mol. The number of ether oxygens (including phenoxy) is 2. The lowest BCUT2D eigenvalue weighted by Crippen LogP contribution is -2.45. The number of benzene rings is 1. The van der Waals surface area contributed by atoms with Crippen molar-refractivity contribution in [1.29, 1.82) is 0 Å². The smallest absolute Gasteiger partial charge is 0.317 e. The van der Waals surface area contributed by atoms with Gasteiger partial charge in [-0.05, 0) is 19.1 Å². The van der Waals surface area contributed by atoms with Gasteiger partial charge < -0.3 is 19.7 Å². The lowest BCUT2D eigenvalue weighted by atomic mass is 10.3. The molecular formula is C14H20N2O3. The lowest BCUT2D eigenvalue weighted by molar-refractivity contribution is 0.0717. The fourth-order valence-corrected chi connectivity index (χ4v) is 1.99. The van der Waals surface area contributed by atoms with Crippen LogP contribution in [0.25, 0.3) is 0 Å². The number of carbonyl (C=O) groups is 1. The fourth-order valence-electron chi connectivity index (χ4n) is 1.99. The molecule has 1 aromatic carbocycles. The van der Waals surface area contributed by atoms with Crippen LogP contribution in [-0.2, 0) is 4.74 Å². The summed E-state index contributed by atoms with van der Waals surface area (Å²) in [5, 5.41) is 2.80. The molecule has 5 heteroatoms. The van der Waals surface area contributed by atoms with E-state index in [0.717, 1.165) is 5.75 Å². The number of urea groups is 1. The van der Waals surface area contributed by atoms with Gasteiger partial charge in [0.2, 0.25) is 0 Å². The maximum absolute atomic E-state index is 11.9. The minimum absolute atomic E-state index is 0.0605. The SMILES string of the molecule is CCNC(=O)N1CCOCC(Oc2ccccc2)C1. The zero-order valence-corrected chi connectivity index (χ0v) is 11.2. The largest absolute Gasteiger partial charge is 0.486 e. The lowest BCUT2D eigenvalue weighted by Gasteiger charge is -2.24. The molecule has 0 spiro atoms. The molecule has 0 aromatic heterocycles. The third kappa shape index (κ3) is 4.13. The van der Waals surface area contributed by atoms with E-state index in [1.807, 2.05) is 37.3 Å². The molecule has 19 heavy (non-hydrogen) atoms. The quantitative estimate of drug-likeness (QED) is 0.900. The summed E-state index contributed by atoms with van der Waals surface area (Å²) in [7, 11) is 0. The number of nitrogens with zero attached hydrogens (tertiary/aromatic N) is 1. The van der Waals surface area contributed by atoms with Crippen LogP contribution in [0.4, 0.5) is 4.79 Å². The van der Waals surface area contributed by atoms with E-state index in [4.69, 9.17) is 9.47 Å². The van der Waals surface area contributed by atoms with Gasteiger partial charge in [-0.3, -0.25) is 0 Å². The maximum Gasteiger partial charge on any atom is 0.317 e. The van der Waals surface area contributed by atoms with Crippen LogP contribution < -0.4 is 10.1 Å². The third-order valence-corrected chi connectivity index (χ3v) is 2.89. The number of hydrogen-bond acceptors (Lipinski definition) is 3. The van der Waals surface area contributed by atoms with Gasteiger partial charge in [-0.1, -0.05) is 18.2 Å². The summed E-state index contributed by atoms with van der Waals surface area (Å²) in [5.74, 6) is 0.800. The molecule has 1 unspecified atom stereocenters. The van der Waals surface area contributed by atoms with Crippen molar-refractivity contribution in [2.24, 2.45) is 0 Å². The van der Waals surface area contributed by atoms with Gasteiger partial charge in [0.05, 0.1) is 19.8 Å². The number of para-hydroxylation sites is 1. The monoisotopic (exact) mass is 264 g/mol. The van der Waals surface area contributed by atoms with Gasteiger partial charge in [0.1, 0.15) is 11.9 Å². The van der Waals surface area contributed by atoms with Crippen molar-refractivity contribution in [3.05, 3.63) is 30.3 Å². The Hall–Kier alpha value is -1.75. The summed E-state index contributed by atoms with van der Waals surface area (Å²) in [6.45, 7) is 4.72. The second kappa shape index (κ2) is 6.99. The Labute approximate surface area is 113 Å². The van der Waals surface area contributed by atoms with Gasteiger partial charge >= 0.3 is 6.03 Å². The number of amides is 2. The molecule has 5 nitrogen and oxygen atoms in total. The molecule has 0 aliphatic carbocycles. The summed E-state index contributed by atoms with van der Waals surface area (Å²) >= 11 is 0. The van der Waals surface area contributed by atoms with Crippen molar-refractivity contribution in [2.45, 2.75) is 13.0 Å². The van der Waals surface area contributed by atoms with Crippen molar-refractivity contribution in [1.82, 2.24) is 10.2 Å². The number of hydrogen-bond donors (Lipinski definition) is 1. The van der Waals surface area contributed by atoms with Crippen molar-refractivity contribution in [3.63, 3.8) is 0 Å². The summed E-state index contributed by atoms with van der Waals surface area (Å²) in [6.07, 6.45) is -0.132. The number of nitrogens with one attached hydrogen (secondary N) is 1. The van der Waals surface area contributed by atoms with E-state index in [-0.39, 0.29) is 12.1 Å². The van der Waals surface area contributed by atoms with E-state index in [1.54, 1.807) is 4.90 Å². The van der Waals surface area contributed by atoms with Crippen LogP contribution >= 0.6 is 0 Å². The van der Waals surface area contributed by atoms with Gasteiger partial charge in [-0.25, -0.2) is 4.79 Å². The fraction of sp³-hybridized carbons (Fsp3) is 0.500. The van der Waals surface area contributed by atoms with E-state index in [0.29, 0.717) is 32.8 Å². The highest BCUT2D eigenvalue weighted by atomic mass is 16.5. The Kier molecular flexibility index (Phi) is 5.03.